The van der Waals surface area contributed by atoms with Gasteiger partial charge in [0.1, 0.15) is 0 Å². The Balaban J connectivity index is 1.89. The van der Waals surface area contributed by atoms with Crippen molar-refractivity contribution >= 4 is 34.6 Å². The summed E-state index contributed by atoms with van der Waals surface area (Å²) in [5.74, 6) is 0.629. The molecule has 4 heteroatoms. The van der Waals surface area contributed by atoms with Gasteiger partial charge in [-0.1, -0.05) is 54.1 Å². The molecule has 0 radical (unpaired) electrons. The predicted octanol–water partition coefficient (Wildman–Crippen LogP) is 5.55. The van der Waals surface area contributed by atoms with E-state index in [9.17, 15) is 0 Å². The Kier molecular flexibility index (Phi) is 4.92. The standard InChI is InChI=1S/C19H16ClN3/c20-15-8-7-13-18(14-15)23-19(21-16-9-3-1-4-10-16)22-17-11-5-2-6-12-17/h1-14H,(H2,21,22,23). The number of nitrogens with zero attached hydrogens (tertiary/aromatic N) is 1. The minimum Gasteiger partial charge on any atom is -0.326 e. The van der Waals surface area contributed by atoms with E-state index in [0.717, 1.165) is 17.1 Å². The van der Waals surface area contributed by atoms with Gasteiger partial charge in [0.15, 0.2) is 0 Å². The lowest BCUT2D eigenvalue weighted by molar-refractivity contribution is 1.45. The van der Waals surface area contributed by atoms with Crippen molar-refractivity contribution in [2.75, 3.05) is 10.6 Å². The van der Waals surface area contributed by atoms with Crippen LogP contribution in [-0.2, 0) is 0 Å². The van der Waals surface area contributed by atoms with Gasteiger partial charge in [-0.05, 0) is 42.5 Å². The third-order valence-electron chi connectivity index (χ3n) is 3.12. The van der Waals surface area contributed by atoms with Crippen LogP contribution in [0.2, 0.25) is 5.02 Å². The number of para-hydroxylation sites is 2. The third-order valence-corrected chi connectivity index (χ3v) is 3.36. The summed E-state index contributed by atoms with van der Waals surface area (Å²) in [5.41, 5.74) is 2.69. The Bertz CT molecular complexity index is 742. The topological polar surface area (TPSA) is 36.4 Å². The van der Waals surface area contributed by atoms with Crippen molar-refractivity contribution in [1.29, 1.82) is 0 Å². The molecule has 0 atom stereocenters. The van der Waals surface area contributed by atoms with Crippen LogP contribution < -0.4 is 10.6 Å². The highest BCUT2D eigenvalue weighted by Gasteiger charge is 2.02. The van der Waals surface area contributed by atoms with Crippen LogP contribution in [0, 0.1) is 0 Å². The highest BCUT2D eigenvalue weighted by molar-refractivity contribution is 6.30. The summed E-state index contributed by atoms with van der Waals surface area (Å²) in [6.45, 7) is 0. The van der Waals surface area contributed by atoms with Gasteiger partial charge < -0.3 is 10.6 Å². The molecule has 3 rings (SSSR count). The number of anilines is 2. The third kappa shape index (κ3) is 4.59. The molecule has 3 aromatic rings. The fourth-order valence-corrected chi connectivity index (χ4v) is 2.26. The van der Waals surface area contributed by atoms with Crippen LogP contribution in [0.1, 0.15) is 0 Å². The largest absolute Gasteiger partial charge is 0.326 e. The number of guanidine groups is 1. The van der Waals surface area contributed by atoms with E-state index in [1.807, 2.05) is 84.9 Å². The van der Waals surface area contributed by atoms with E-state index >= 15 is 0 Å². The van der Waals surface area contributed by atoms with Crippen LogP contribution in [0.25, 0.3) is 0 Å². The molecule has 0 aliphatic carbocycles. The summed E-state index contributed by atoms with van der Waals surface area (Å²) in [7, 11) is 0. The molecule has 2 N–H and O–H groups in total. The maximum absolute atomic E-state index is 6.04. The van der Waals surface area contributed by atoms with Gasteiger partial charge in [-0.3, -0.25) is 0 Å². The van der Waals surface area contributed by atoms with Crippen LogP contribution >= 0.6 is 11.6 Å². The fourth-order valence-electron chi connectivity index (χ4n) is 2.08. The van der Waals surface area contributed by atoms with Crippen molar-refractivity contribution in [1.82, 2.24) is 0 Å². The molecule has 23 heavy (non-hydrogen) atoms. The maximum Gasteiger partial charge on any atom is 0.205 e. The van der Waals surface area contributed by atoms with Crippen LogP contribution in [0.5, 0.6) is 0 Å². The quantitative estimate of drug-likeness (QED) is 0.490. The van der Waals surface area contributed by atoms with Gasteiger partial charge in [0.25, 0.3) is 0 Å². The summed E-state index contributed by atoms with van der Waals surface area (Å²) in [4.78, 5) is 4.62. The molecule has 0 aliphatic heterocycles. The first-order valence-corrected chi connectivity index (χ1v) is 7.66. The number of benzene rings is 3. The minimum atomic E-state index is 0.629. The zero-order valence-electron chi connectivity index (χ0n) is 12.4. The summed E-state index contributed by atoms with van der Waals surface area (Å²) < 4.78 is 0. The van der Waals surface area contributed by atoms with Crippen molar-refractivity contribution < 1.29 is 0 Å². The van der Waals surface area contributed by atoms with Gasteiger partial charge >= 0.3 is 0 Å². The average Bonchev–Trinajstić information content (AvgIpc) is 2.57. The van der Waals surface area contributed by atoms with Crippen molar-refractivity contribution in [2.24, 2.45) is 4.99 Å². The van der Waals surface area contributed by atoms with Gasteiger partial charge in [0.05, 0.1) is 5.69 Å². The molecular formula is C19H16ClN3. The molecular weight excluding hydrogens is 306 g/mol. The zero-order chi connectivity index (χ0) is 15.9. The van der Waals surface area contributed by atoms with Crippen LogP contribution in [-0.4, -0.2) is 5.96 Å². The first-order chi connectivity index (χ1) is 11.3. The van der Waals surface area contributed by atoms with E-state index in [2.05, 4.69) is 15.6 Å². The molecule has 0 amide bonds. The number of halogens is 1. The number of aliphatic imine (C=N–C) groups is 1. The number of hydrogen-bond donors (Lipinski definition) is 2. The van der Waals surface area contributed by atoms with Crippen molar-refractivity contribution in [3.8, 4) is 0 Å². The van der Waals surface area contributed by atoms with E-state index in [1.165, 1.54) is 0 Å². The molecule has 0 saturated carbocycles. The van der Waals surface area contributed by atoms with Crippen molar-refractivity contribution in [3.63, 3.8) is 0 Å². The first-order valence-electron chi connectivity index (χ1n) is 7.28. The lowest BCUT2D eigenvalue weighted by Crippen LogP contribution is -2.21. The maximum atomic E-state index is 6.04. The highest BCUT2D eigenvalue weighted by Crippen LogP contribution is 2.19. The summed E-state index contributed by atoms with van der Waals surface area (Å²) >= 11 is 6.04. The van der Waals surface area contributed by atoms with E-state index in [4.69, 9.17) is 11.6 Å². The van der Waals surface area contributed by atoms with Crippen molar-refractivity contribution in [2.45, 2.75) is 0 Å². The second-order valence-corrected chi connectivity index (χ2v) is 5.36. The van der Waals surface area contributed by atoms with Crippen molar-refractivity contribution in [3.05, 3.63) is 90.0 Å². The minimum absolute atomic E-state index is 0.629. The molecule has 0 heterocycles. The average molecular weight is 322 g/mol. The Labute approximate surface area is 140 Å². The van der Waals surface area contributed by atoms with E-state index in [-0.39, 0.29) is 0 Å². The molecule has 0 bridgehead atoms. The number of rotatable bonds is 3. The highest BCUT2D eigenvalue weighted by atomic mass is 35.5. The molecule has 3 aromatic carbocycles. The molecule has 0 spiro atoms. The Morgan fingerprint density at radius 1 is 0.696 bits per heavy atom. The molecule has 3 nitrogen and oxygen atoms in total. The van der Waals surface area contributed by atoms with E-state index in [0.29, 0.717) is 11.0 Å². The normalized spacial score (nSPS) is 9.96. The molecule has 114 valence electrons. The zero-order valence-corrected chi connectivity index (χ0v) is 13.2. The number of nitrogens with one attached hydrogen (secondary N) is 2. The number of hydrogen-bond acceptors (Lipinski definition) is 1. The van der Waals surface area contributed by atoms with E-state index in [1.54, 1.807) is 0 Å². The fraction of sp³-hybridized carbons (Fsp3) is 0. The summed E-state index contributed by atoms with van der Waals surface area (Å²) in [5, 5.41) is 7.24. The second-order valence-electron chi connectivity index (χ2n) is 4.92. The molecule has 0 fully saturated rings. The van der Waals surface area contributed by atoms with Crippen LogP contribution in [0.15, 0.2) is 89.9 Å². The Morgan fingerprint density at radius 3 is 1.78 bits per heavy atom. The molecule has 0 saturated heterocycles. The predicted molar refractivity (Wildman–Crippen MR) is 98.7 cm³/mol. The van der Waals surface area contributed by atoms with Gasteiger partial charge in [-0.25, -0.2) is 4.99 Å². The first kappa shape index (κ1) is 15.1. The lowest BCUT2D eigenvalue weighted by Gasteiger charge is -2.12. The Hall–Kier alpha value is -2.78. The van der Waals surface area contributed by atoms with Gasteiger partial charge in [-0.2, -0.15) is 0 Å². The van der Waals surface area contributed by atoms with Gasteiger partial charge in [0.2, 0.25) is 5.96 Å². The molecule has 0 aliphatic rings. The van der Waals surface area contributed by atoms with Crippen LogP contribution in [0.3, 0.4) is 0 Å². The lowest BCUT2D eigenvalue weighted by atomic mass is 10.3. The second kappa shape index (κ2) is 7.47. The Morgan fingerprint density at radius 2 is 1.26 bits per heavy atom. The van der Waals surface area contributed by atoms with Gasteiger partial charge in [-0.15, -0.1) is 0 Å². The molecule has 0 aromatic heterocycles. The summed E-state index contributed by atoms with van der Waals surface area (Å²) in [6, 6.07) is 27.2. The summed E-state index contributed by atoms with van der Waals surface area (Å²) in [6.07, 6.45) is 0. The monoisotopic (exact) mass is 321 g/mol. The van der Waals surface area contributed by atoms with Gasteiger partial charge in [0, 0.05) is 16.4 Å². The van der Waals surface area contributed by atoms with Crippen LogP contribution in [0.4, 0.5) is 17.1 Å². The van der Waals surface area contributed by atoms with E-state index < -0.39 is 0 Å². The smallest absolute Gasteiger partial charge is 0.205 e. The molecule has 0 unspecified atom stereocenters. The SMILES string of the molecule is Clc1cccc(N=C(Nc2ccccc2)Nc2ccccc2)c1.